The number of carbonyl (C=O) groups is 1. The molecule has 0 unspecified atom stereocenters. The van der Waals surface area contributed by atoms with Gasteiger partial charge < -0.3 is 14.4 Å². The Morgan fingerprint density at radius 1 is 1.60 bits per heavy atom. The lowest BCUT2D eigenvalue weighted by atomic mass is 10.3. The molecule has 0 fully saturated rings. The number of hydrogen-bond donors (Lipinski definition) is 1. The van der Waals surface area contributed by atoms with Crippen LogP contribution in [-0.2, 0) is 11.3 Å². The molecule has 1 aromatic rings. The van der Waals surface area contributed by atoms with E-state index < -0.39 is 5.97 Å². The SMILES string of the molecule is CCOCCn1ccc(C(=O)O)cc1=O. The number of nitrogens with zero attached hydrogens (tertiary/aromatic N) is 1. The van der Waals surface area contributed by atoms with Gasteiger partial charge in [0.1, 0.15) is 0 Å². The van der Waals surface area contributed by atoms with Gasteiger partial charge in [-0.15, -0.1) is 0 Å². The zero-order valence-corrected chi connectivity index (χ0v) is 8.47. The van der Waals surface area contributed by atoms with Crippen molar-refractivity contribution in [1.82, 2.24) is 4.57 Å². The van der Waals surface area contributed by atoms with Gasteiger partial charge in [0.15, 0.2) is 0 Å². The third-order valence-corrected chi connectivity index (χ3v) is 1.92. The van der Waals surface area contributed by atoms with Crippen LogP contribution in [0.15, 0.2) is 23.1 Å². The van der Waals surface area contributed by atoms with Gasteiger partial charge in [0, 0.05) is 25.4 Å². The summed E-state index contributed by atoms with van der Waals surface area (Å²) in [5.41, 5.74) is -0.317. The first kappa shape index (κ1) is 11.5. The maximum atomic E-state index is 11.4. The van der Waals surface area contributed by atoms with Crippen molar-refractivity contribution in [3.05, 3.63) is 34.2 Å². The summed E-state index contributed by atoms with van der Waals surface area (Å²) >= 11 is 0. The van der Waals surface area contributed by atoms with E-state index in [2.05, 4.69) is 0 Å². The van der Waals surface area contributed by atoms with Crippen LogP contribution in [0.5, 0.6) is 0 Å². The first-order valence-corrected chi connectivity index (χ1v) is 4.66. The second kappa shape index (κ2) is 5.31. The largest absolute Gasteiger partial charge is 0.478 e. The zero-order chi connectivity index (χ0) is 11.3. The van der Waals surface area contributed by atoms with E-state index in [0.717, 1.165) is 6.07 Å². The third-order valence-electron chi connectivity index (χ3n) is 1.92. The van der Waals surface area contributed by atoms with E-state index >= 15 is 0 Å². The number of ether oxygens (including phenoxy) is 1. The van der Waals surface area contributed by atoms with Gasteiger partial charge in [-0.25, -0.2) is 4.79 Å². The van der Waals surface area contributed by atoms with Crippen molar-refractivity contribution < 1.29 is 14.6 Å². The predicted octanol–water partition coefficient (Wildman–Crippen LogP) is 0.583. The molecule has 1 aromatic heterocycles. The van der Waals surface area contributed by atoms with Crippen molar-refractivity contribution in [1.29, 1.82) is 0 Å². The summed E-state index contributed by atoms with van der Waals surface area (Å²) in [5.74, 6) is -1.09. The Bertz CT molecular complexity index is 397. The highest BCUT2D eigenvalue weighted by atomic mass is 16.5. The third kappa shape index (κ3) is 3.21. The van der Waals surface area contributed by atoms with Gasteiger partial charge in [-0.05, 0) is 13.0 Å². The van der Waals surface area contributed by atoms with Crippen molar-refractivity contribution in [2.75, 3.05) is 13.2 Å². The molecule has 1 N–H and O–H groups in total. The molecule has 0 saturated carbocycles. The number of aromatic nitrogens is 1. The molecule has 0 atom stereocenters. The molecule has 0 aliphatic rings. The van der Waals surface area contributed by atoms with E-state index in [1.54, 1.807) is 0 Å². The summed E-state index contributed by atoms with van der Waals surface area (Å²) in [6.07, 6.45) is 1.46. The second-order valence-corrected chi connectivity index (χ2v) is 2.95. The summed E-state index contributed by atoms with van der Waals surface area (Å²) in [4.78, 5) is 21.9. The lowest BCUT2D eigenvalue weighted by Gasteiger charge is -2.05. The maximum absolute atomic E-state index is 11.4. The second-order valence-electron chi connectivity index (χ2n) is 2.95. The Morgan fingerprint density at radius 3 is 2.87 bits per heavy atom. The molecule has 0 spiro atoms. The topological polar surface area (TPSA) is 68.5 Å². The average Bonchev–Trinajstić information content (AvgIpc) is 2.20. The number of carboxylic acid groups (broad SMARTS) is 1. The molecule has 1 rings (SSSR count). The molecule has 15 heavy (non-hydrogen) atoms. The van der Waals surface area contributed by atoms with Crippen LogP contribution in [0.2, 0.25) is 0 Å². The van der Waals surface area contributed by atoms with Gasteiger partial charge in [0.25, 0.3) is 5.56 Å². The number of carboxylic acids is 1. The van der Waals surface area contributed by atoms with Crippen LogP contribution in [0, 0.1) is 0 Å². The molecule has 0 aromatic carbocycles. The lowest BCUT2D eigenvalue weighted by Crippen LogP contribution is -2.22. The van der Waals surface area contributed by atoms with Crippen molar-refractivity contribution in [3.63, 3.8) is 0 Å². The molecule has 5 heteroatoms. The number of aromatic carboxylic acids is 1. The maximum Gasteiger partial charge on any atom is 0.335 e. The van der Waals surface area contributed by atoms with Gasteiger partial charge in [-0.1, -0.05) is 0 Å². The van der Waals surface area contributed by atoms with E-state index in [0.29, 0.717) is 19.8 Å². The van der Waals surface area contributed by atoms with Crippen LogP contribution in [0.25, 0.3) is 0 Å². The quantitative estimate of drug-likeness (QED) is 0.723. The van der Waals surface area contributed by atoms with Gasteiger partial charge in [0.2, 0.25) is 0 Å². The standard InChI is InChI=1S/C10H13NO4/c1-2-15-6-5-11-4-3-8(10(13)14)7-9(11)12/h3-4,7H,2,5-6H2,1H3,(H,13,14). The number of pyridine rings is 1. The molecule has 0 amide bonds. The van der Waals surface area contributed by atoms with Crippen LogP contribution in [0.4, 0.5) is 0 Å². The molecule has 1 heterocycles. The van der Waals surface area contributed by atoms with Crippen LogP contribution in [-0.4, -0.2) is 28.9 Å². The van der Waals surface area contributed by atoms with Gasteiger partial charge in [0.05, 0.1) is 12.2 Å². The van der Waals surface area contributed by atoms with Crippen LogP contribution < -0.4 is 5.56 Å². The smallest absolute Gasteiger partial charge is 0.335 e. The summed E-state index contributed by atoms with van der Waals surface area (Å²) in [7, 11) is 0. The predicted molar refractivity (Wildman–Crippen MR) is 54.2 cm³/mol. The van der Waals surface area contributed by atoms with Crippen molar-refractivity contribution >= 4 is 5.97 Å². The van der Waals surface area contributed by atoms with Crippen molar-refractivity contribution in [3.8, 4) is 0 Å². The fourth-order valence-electron chi connectivity index (χ4n) is 1.13. The molecule has 0 aliphatic carbocycles. The summed E-state index contributed by atoms with van der Waals surface area (Å²) < 4.78 is 6.51. The van der Waals surface area contributed by atoms with E-state index in [1.807, 2.05) is 6.92 Å². The fraction of sp³-hybridized carbons (Fsp3) is 0.400. The highest BCUT2D eigenvalue weighted by Gasteiger charge is 2.04. The number of rotatable bonds is 5. The molecule has 0 bridgehead atoms. The van der Waals surface area contributed by atoms with Crippen LogP contribution in [0.1, 0.15) is 17.3 Å². The Hall–Kier alpha value is -1.62. The van der Waals surface area contributed by atoms with E-state index in [9.17, 15) is 9.59 Å². The summed E-state index contributed by atoms with van der Waals surface area (Å²) in [6.45, 7) is 3.35. The Labute approximate surface area is 86.9 Å². The van der Waals surface area contributed by atoms with Crippen molar-refractivity contribution in [2.45, 2.75) is 13.5 Å². The minimum atomic E-state index is -1.09. The van der Waals surface area contributed by atoms with Gasteiger partial charge in [-0.2, -0.15) is 0 Å². The molecule has 0 radical (unpaired) electrons. The summed E-state index contributed by atoms with van der Waals surface area (Å²) in [6, 6.07) is 2.50. The Kier molecular flexibility index (Phi) is 4.05. The summed E-state index contributed by atoms with van der Waals surface area (Å²) in [5, 5.41) is 8.64. The van der Waals surface area contributed by atoms with E-state index in [-0.39, 0.29) is 11.1 Å². The molecule has 0 saturated heterocycles. The lowest BCUT2D eigenvalue weighted by molar-refractivity contribution is 0.0696. The first-order valence-electron chi connectivity index (χ1n) is 4.66. The first-order chi connectivity index (χ1) is 7.15. The van der Waals surface area contributed by atoms with Crippen molar-refractivity contribution in [2.24, 2.45) is 0 Å². The zero-order valence-electron chi connectivity index (χ0n) is 8.47. The van der Waals surface area contributed by atoms with E-state index in [1.165, 1.54) is 16.8 Å². The number of hydrogen-bond acceptors (Lipinski definition) is 3. The van der Waals surface area contributed by atoms with E-state index in [4.69, 9.17) is 9.84 Å². The molecular weight excluding hydrogens is 198 g/mol. The minimum Gasteiger partial charge on any atom is -0.478 e. The van der Waals surface area contributed by atoms with Gasteiger partial charge in [-0.3, -0.25) is 4.79 Å². The molecule has 82 valence electrons. The van der Waals surface area contributed by atoms with Gasteiger partial charge >= 0.3 is 5.97 Å². The van der Waals surface area contributed by atoms with Crippen LogP contribution >= 0.6 is 0 Å². The highest BCUT2D eigenvalue weighted by Crippen LogP contribution is 1.94. The normalized spacial score (nSPS) is 10.2. The highest BCUT2D eigenvalue weighted by molar-refractivity contribution is 5.87. The molecular formula is C10H13NO4. The van der Waals surface area contributed by atoms with Crippen LogP contribution in [0.3, 0.4) is 0 Å². The monoisotopic (exact) mass is 211 g/mol. The average molecular weight is 211 g/mol. The Morgan fingerprint density at radius 2 is 2.33 bits per heavy atom. The minimum absolute atomic E-state index is 0.00709. The Balaban J connectivity index is 2.75. The molecule has 5 nitrogen and oxygen atoms in total. The fourth-order valence-corrected chi connectivity index (χ4v) is 1.13. The molecule has 0 aliphatic heterocycles.